The highest BCUT2D eigenvalue weighted by atomic mass is 32.1. The highest BCUT2D eigenvalue weighted by Gasteiger charge is 2.37. The number of nitro groups is 1. The minimum absolute atomic E-state index is 0.0306. The van der Waals surface area contributed by atoms with Gasteiger partial charge in [0.25, 0.3) is 0 Å². The summed E-state index contributed by atoms with van der Waals surface area (Å²) in [5.74, 6) is -0.0158. The van der Waals surface area contributed by atoms with Crippen LogP contribution in [0.25, 0.3) is 10.4 Å². The van der Waals surface area contributed by atoms with E-state index in [1.165, 1.54) is 18.4 Å². The fourth-order valence-corrected chi connectivity index (χ4v) is 4.50. The molecule has 1 N–H and O–H groups in total. The number of carbonyl (C=O) groups is 1. The molecule has 0 radical (unpaired) electrons. The maximum atomic E-state index is 12.4. The first kappa shape index (κ1) is 19.1. The van der Waals surface area contributed by atoms with E-state index in [1.54, 1.807) is 31.4 Å². The summed E-state index contributed by atoms with van der Waals surface area (Å²) in [6, 6.07) is 6.88. The van der Waals surface area contributed by atoms with Gasteiger partial charge in [0.15, 0.2) is 5.56 Å². The molecule has 1 aromatic heterocycles. The van der Waals surface area contributed by atoms with E-state index < -0.39 is 10.9 Å². The Hall–Kier alpha value is -2.65. The molecule has 1 atom stereocenters. The van der Waals surface area contributed by atoms with Crippen LogP contribution < -0.4 is 9.64 Å². The van der Waals surface area contributed by atoms with Gasteiger partial charge in [-0.05, 0) is 36.2 Å². The first-order valence-corrected chi connectivity index (χ1v) is 9.21. The van der Waals surface area contributed by atoms with E-state index in [9.17, 15) is 20.0 Å². The monoisotopic (exact) mass is 392 g/mol. The van der Waals surface area contributed by atoms with Crippen LogP contribution in [-0.4, -0.2) is 49.9 Å². The molecule has 8 nitrogen and oxygen atoms in total. The Kier molecular flexibility index (Phi) is 5.62. The molecule has 0 saturated carbocycles. The quantitative estimate of drug-likeness (QED) is 0.458. The molecule has 0 aliphatic carbocycles. The van der Waals surface area contributed by atoms with Crippen LogP contribution in [0.1, 0.15) is 16.8 Å². The van der Waals surface area contributed by atoms with Gasteiger partial charge in [-0.2, -0.15) is 0 Å². The van der Waals surface area contributed by atoms with Crippen molar-refractivity contribution in [1.29, 1.82) is 0 Å². The lowest BCUT2D eigenvalue weighted by Gasteiger charge is -2.17. The van der Waals surface area contributed by atoms with Gasteiger partial charge in [0.2, 0.25) is 0 Å². The first-order chi connectivity index (χ1) is 13.0. The highest BCUT2D eigenvalue weighted by Crippen LogP contribution is 2.48. The second-order valence-electron chi connectivity index (χ2n) is 6.22. The number of methoxy groups -OCH3 is 2. The number of thiophene rings is 1. The lowest BCUT2D eigenvalue weighted by molar-refractivity contribution is -0.384. The number of anilines is 1. The van der Waals surface area contributed by atoms with Gasteiger partial charge in [-0.3, -0.25) is 10.1 Å². The number of rotatable bonds is 6. The Morgan fingerprint density at radius 3 is 2.59 bits per heavy atom. The minimum atomic E-state index is -0.736. The van der Waals surface area contributed by atoms with E-state index in [4.69, 9.17) is 9.47 Å². The molecule has 0 bridgehead atoms. The van der Waals surface area contributed by atoms with E-state index in [-0.39, 0.29) is 23.8 Å². The minimum Gasteiger partial charge on any atom is -0.497 e. The maximum absolute atomic E-state index is 12.4. The Bertz CT molecular complexity index is 848. The zero-order valence-electron chi connectivity index (χ0n) is 15.0. The van der Waals surface area contributed by atoms with Crippen LogP contribution in [0, 0.1) is 16.0 Å². The summed E-state index contributed by atoms with van der Waals surface area (Å²) in [5.41, 5.74) is 0.346. The normalized spacial score (nSPS) is 16.4. The summed E-state index contributed by atoms with van der Waals surface area (Å²) in [4.78, 5) is 26.0. The summed E-state index contributed by atoms with van der Waals surface area (Å²) >= 11 is 1.20. The molecule has 2 aromatic rings. The van der Waals surface area contributed by atoms with Crippen molar-refractivity contribution >= 4 is 28.0 Å². The van der Waals surface area contributed by atoms with Crippen molar-refractivity contribution in [1.82, 2.24) is 0 Å². The molecule has 1 fully saturated rings. The molecule has 3 rings (SSSR count). The Balaban J connectivity index is 2.15. The molecule has 1 aliphatic heterocycles. The third-order valence-electron chi connectivity index (χ3n) is 4.62. The smallest absolute Gasteiger partial charge is 0.347 e. The van der Waals surface area contributed by atoms with Gasteiger partial charge in [-0.15, -0.1) is 11.3 Å². The summed E-state index contributed by atoms with van der Waals surface area (Å²) < 4.78 is 9.97. The number of ether oxygens (including phenoxy) is 2. The molecule has 1 saturated heterocycles. The van der Waals surface area contributed by atoms with Crippen LogP contribution in [0.15, 0.2) is 24.3 Å². The molecule has 27 heavy (non-hydrogen) atoms. The van der Waals surface area contributed by atoms with Crippen LogP contribution in [0.4, 0.5) is 10.7 Å². The molecule has 1 aliphatic rings. The van der Waals surface area contributed by atoms with E-state index in [2.05, 4.69) is 0 Å². The highest BCUT2D eigenvalue weighted by molar-refractivity contribution is 7.20. The van der Waals surface area contributed by atoms with Gasteiger partial charge in [0, 0.05) is 25.6 Å². The fraction of sp³-hybridized carbons (Fsp3) is 0.389. The van der Waals surface area contributed by atoms with Crippen molar-refractivity contribution < 1.29 is 24.3 Å². The predicted molar refractivity (Wildman–Crippen MR) is 102 cm³/mol. The fourth-order valence-electron chi connectivity index (χ4n) is 3.20. The zero-order chi connectivity index (χ0) is 19.6. The Morgan fingerprint density at radius 1 is 1.37 bits per heavy atom. The number of nitrogens with zero attached hydrogens (tertiary/aromatic N) is 2. The summed E-state index contributed by atoms with van der Waals surface area (Å²) in [6.45, 7) is 1.21. The van der Waals surface area contributed by atoms with Crippen molar-refractivity contribution in [2.75, 3.05) is 38.8 Å². The van der Waals surface area contributed by atoms with E-state index in [0.717, 1.165) is 6.42 Å². The van der Waals surface area contributed by atoms with Crippen LogP contribution in [0.3, 0.4) is 0 Å². The van der Waals surface area contributed by atoms with Gasteiger partial charge < -0.3 is 19.5 Å². The second kappa shape index (κ2) is 7.93. The van der Waals surface area contributed by atoms with Crippen LogP contribution in [0.2, 0.25) is 0 Å². The van der Waals surface area contributed by atoms with Gasteiger partial charge in [-0.1, -0.05) is 0 Å². The van der Waals surface area contributed by atoms with Crippen LogP contribution in [0.5, 0.6) is 5.75 Å². The van der Waals surface area contributed by atoms with Crippen molar-refractivity contribution in [3.63, 3.8) is 0 Å². The third-order valence-corrected chi connectivity index (χ3v) is 5.91. The Labute approximate surface area is 160 Å². The Morgan fingerprint density at radius 2 is 2.07 bits per heavy atom. The topological polar surface area (TPSA) is 102 Å². The molecule has 0 amide bonds. The molecule has 2 heterocycles. The number of hydrogen-bond acceptors (Lipinski definition) is 8. The van der Waals surface area contributed by atoms with E-state index >= 15 is 0 Å². The average molecular weight is 392 g/mol. The van der Waals surface area contributed by atoms with E-state index in [0.29, 0.717) is 34.3 Å². The standard InChI is InChI=1S/C18H20N2O6S/c1-25-13-5-3-12(4-6-13)16-15(20(23)24)14(18(22)26-2)17(27-16)19-8-7-11(9-19)10-21/h3-6,11,21H,7-10H2,1-2H3. The third kappa shape index (κ3) is 3.60. The maximum Gasteiger partial charge on any atom is 0.347 e. The molecule has 0 spiro atoms. The van der Waals surface area contributed by atoms with Crippen molar-refractivity contribution in [3.05, 3.63) is 39.9 Å². The molecular formula is C18H20N2O6S. The molecule has 1 aromatic carbocycles. The van der Waals surface area contributed by atoms with Crippen molar-refractivity contribution in [2.24, 2.45) is 5.92 Å². The first-order valence-electron chi connectivity index (χ1n) is 8.39. The summed E-state index contributed by atoms with van der Waals surface area (Å²) in [6.07, 6.45) is 0.765. The van der Waals surface area contributed by atoms with Crippen molar-refractivity contribution in [2.45, 2.75) is 6.42 Å². The number of aliphatic hydroxyl groups excluding tert-OH is 1. The van der Waals surface area contributed by atoms with Gasteiger partial charge in [0.1, 0.15) is 15.6 Å². The lowest BCUT2D eigenvalue weighted by Crippen LogP contribution is -2.22. The second-order valence-corrected chi connectivity index (χ2v) is 7.22. The SMILES string of the molecule is COC(=O)c1c(N2CCC(CO)C2)sc(-c2ccc(OC)cc2)c1[N+](=O)[O-]. The molecule has 144 valence electrons. The summed E-state index contributed by atoms with van der Waals surface area (Å²) in [7, 11) is 2.75. The summed E-state index contributed by atoms with van der Waals surface area (Å²) in [5, 5.41) is 21.7. The van der Waals surface area contributed by atoms with Gasteiger partial charge in [0.05, 0.1) is 19.1 Å². The van der Waals surface area contributed by atoms with E-state index in [1.807, 2.05) is 4.90 Å². The van der Waals surface area contributed by atoms with Gasteiger partial charge in [-0.25, -0.2) is 4.79 Å². The van der Waals surface area contributed by atoms with Gasteiger partial charge >= 0.3 is 11.7 Å². The number of esters is 1. The lowest BCUT2D eigenvalue weighted by atomic mass is 10.1. The molecular weight excluding hydrogens is 372 g/mol. The van der Waals surface area contributed by atoms with Crippen molar-refractivity contribution in [3.8, 4) is 16.2 Å². The predicted octanol–water partition coefficient (Wildman–Crippen LogP) is 2.94. The number of hydrogen-bond donors (Lipinski definition) is 1. The van der Waals surface area contributed by atoms with Crippen LogP contribution >= 0.6 is 11.3 Å². The molecule has 1 unspecified atom stereocenters. The average Bonchev–Trinajstić information content (AvgIpc) is 3.31. The zero-order valence-corrected chi connectivity index (χ0v) is 15.8. The number of benzene rings is 1. The number of aliphatic hydroxyl groups is 1. The largest absolute Gasteiger partial charge is 0.497 e. The van der Waals surface area contributed by atoms with Crippen LogP contribution in [-0.2, 0) is 4.74 Å². The number of carbonyl (C=O) groups excluding carboxylic acids is 1. The molecule has 9 heteroatoms.